The molecule has 5 heteroatoms. The van der Waals surface area contributed by atoms with Crippen LogP contribution in [0, 0.1) is 0 Å². The fourth-order valence-electron chi connectivity index (χ4n) is 9.15. The lowest BCUT2D eigenvalue weighted by molar-refractivity contribution is 0.663. The monoisotopic (exact) mass is 757 g/mol. The van der Waals surface area contributed by atoms with Crippen molar-refractivity contribution >= 4 is 105 Å². The van der Waals surface area contributed by atoms with Gasteiger partial charge in [0.15, 0.2) is 5.58 Å². The number of para-hydroxylation sites is 5. The third-order valence-corrected chi connectivity index (χ3v) is 11.9. The second-order valence-corrected chi connectivity index (χ2v) is 15.2. The molecule has 0 aliphatic carbocycles. The van der Waals surface area contributed by atoms with Crippen LogP contribution in [-0.4, -0.2) is 0 Å². The van der Waals surface area contributed by atoms with Gasteiger partial charge in [-0.3, -0.25) is 0 Å². The maximum absolute atomic E-state index is 6.88. The van der Waals surface area contributed by atoms with Gasteiger partial charge in [-0.2, -0.15) is 0 Å². The van der Waals surface area contributed by atoms with Crippen molar-refractivity contribution in [2.45, 2.75) is 0 Å². The highest BCUT2D eigenvalue weighted by Gasteiger charge is 2.22. The fourth-order valence-corrected chi connectivity index (χ4v) is 9.15. The fraction of sp³-hybridized carbons (Fsp3) is 0. The van der Waals surface area contributed by atoms with E-state index >= 15 is 0 Å². The molecular formula is C54H31NO4. The zero-order valence-electron chi connectivity index (χ0n) is 31.5. The summed E-state index contributed by atoms with van der Waals surface area (Å²) in [6, 6.07) is 65.4. The lowest BCUT2D eigenvalue weighted by Gasteiger charge is -2.26. The van der Waals surface area contributed by atoms with Crippen molar-refractivity contribution in [3.05, 3.63) is 188 Å². The van der Waals surface area contributed by atoms with E-state index in [-0.39, 0.29) is 0 Å². The first kappa shape index (κ1) is 32.1. The Bertz CT molecular complexity index is 3800. The Hall–Kier alpha value is -8.02. The van der Waals surface area contributed by atoms with E-state index in [4.69, 9.17) is 17.7 Å². The molecule has 59 heavy (non-hydrogen) atoms. The Balaban J connectivity index is 0.976. The molecular weight excluding hydrogens is 727 g/mol. The van der Waals surface area contributed by atoms with Crippen LogP contribution in [0.25, 0.3) is 110 Å². The Morgan fingerprint density at radius 3 is 1.71 bits per heavy atom. The average molecular weight is 758 g/mol. The van der Waals surface area contributed by atoms with Crippen molar-refractivity contribution in [2.75, 3.05) is 4.90 Å². The molecule has 0 aliphatic rings. The molecule has 0 unspecified atom stereocenters. The molecule has 0 saturated heterocycles. The molecule has 0 aliphatic heterocycles. The van der Waals surface area contributed by atoms with E-state index in [9.17, 15) is 0 Å². The van der Waals surface area contributed by atoms with Crippen molar-refractivity contribution in [1.29, 1.82) is 0 Å². The quantitative estimate of drug-likeness (QED) is 0.175. The Kier molecular flexibility index (Phi) is 6.66. The summed E-state index contributed by atoms with van der Waals surface area (Å²) in [6.07, 6.45) is 0. The molecule has 13 rings (SSSR count). The summed E-state index contributed by atoms with van der Waals surface area (Å²) in [5, 5.41) is 8.58. The predicted octanol–water partition coefficient (Wildman–Crippen LogP) is 16.1. The highest BCUT2D eigenvalue weighted by molar-refractivity contribution is 6.23. The molecule has 0 bridgehead atoms. The van der Waals surface area contributed by atoms with Crippen LogP contribution in [0.2, 0.25) is 0 Å². The standard InChI is InChI=1S/C54H31NO4/c1-4-19-46-38(12-1)40-27-24-33(31-50(40)57-46)32-22-25-35(26-23-32)55(45-18-9-17-41-39-13-2-5-20-47(39)58-53(41)45)36-11-7-10-34(30-36)37-15-8-16-42-43-28-29-49-51(54(43)59-52(37)42)44-14-3-6-21-48(44)56-49/h1-31H. The average Bonchev–Trinajstić information content (AvgIpc) is 4.06. The topological polar surface area (TPSA) is 55.8 Å². The van der Waals surface area contributed by atoms with Crippen molar-refractivity contribution in [3.63, 3.8) is 0 Å². The molecule has 13 aromatic rings. The Morgan fingerprint density at radius 2 is 0.881 bits per heavy atom. The summed E-state index contributed by atoms with van der Waals surface area (Å²) < 4.78 is 26.0. The van der Waals surface area contributed by atoms with E-state index in [1.165, 1.54) is 0 Å². The second kappa shape index (κ2) is 12.2. The van der Waals surface area contributed by atoms with Gasteiger partial charge in [0.25, 0.3) is 0 Å². The highest BCUT2D eigenvalue weighted by Crippen LogP contribution is 2.46. The minimum Gasteiger partial charge on any atom is -0.456 e. The number of benzene rings is 9. The van der Waals surface area contributed by atoms with E-state index in [2.05, 4.69) is 150 Å². The minimum absolute atomic E-state index is 0.817. The van der Waals surface area contributed by atoms with Gasteiger partial charge in [-0.1, -0.05) is 115 Å². The first-order chi connectivity index (χ1) is 29.2. The number of anilines is 3. The molecule has 0 amide bonds. The van der Waals surface area contributed by atoms with Crippen LogP contribution in [0.4, 0.5) is 17.1 Å². The molecule has 9 aromatic carbocycles. The predicted molar refractivity (Wildman–Crippen MR) is 241 cm³/mol. The summed E-state index contributed by atoms with van der Waals surface area (Å²) in [5.41, 5.74) is 14.0. The molecule has 0 radical (unpaired) electrons. The molecule has 4 heterocycles. The van der Waals surface area contributed by atoms with Gasteiger partial charge < -0.3 is 22.6 Å². The van der Waals surface area contributed by atoms with Gasteiger partial charge >= 0.3 is 0 Å². The number of furan rings is 4. The summed E-state index contributed by atoms with van der Waals surface area (Å²) in [6.45, 7) is 0. The number of hydrogen-bond donors (Lipinski definition) is 0. The maximum atomic E-state index is 6.88. The van der Waals surface area contributed by atoms with Crippen molar-refractivity contribution in [1.82, 2.24) is 0 Å². The van der Waals surface area contributed by atoms with E-state index < -0.39 is 0 Å². The largest absolute Gasteiger partial charge is 0.456 e. The van der Waals surface area contributed by atoms with Crippen molar-refractivity contribution in [3.8, 4) is 22.3 Å². The van der Waals surface area contributed by atoms with Gasteiger partial charge in [0.1, 0.15) is 39.1 Å². The van der Waals surface area contributed by atoms with Gasteiger partial charge in [0.05, 0.1) is 11.1 Å². The van der Waals surface area contributed by atoms with Crippen LogP contribution in [0.15, 0.2) is 206 Å². The number of hydrogen-bond acceptors (Lipinski definition) is 5. The smallest absolute Gasteiger partial charge is 0.159 e. The van der Waals surface area contributed by atoms with Crippen molar-refractivity contribution in [2.24, 2.45) is 0 Å². The van der Waals surface area contributed by atoms with E-state index in [0.29, 0.717) is 0 Å². The lowest BCUT2D eigenvalue weighted by atomic mass is 10.0. The molecule has 5 nitrogen and oxygen atoms in total. The summed E-state index contributed by atoms with van der Waals surface area (Å²) in [5.74, 6) is 0. The van der Waals surface area contributed by atoms with E-state index in [0.717, 1.165) is 127 Å². The van der Waals surface area contributed by atoms with Crippen molar-refractivity contribution < 1.29 is 17.7 Å². The molecule has 0 spiro atoms. The minimum atomic E-state index is 0.817. The maximum Gasteiger partial charge on any atom is 0.159 e. The first-order valence-corrected chi connectivity index (χ1v) is 19.8. The molecule has 0 fully saturated rings. The third-order valence-electron chi connectivity index (χ3n) is 11.9. The number of rotatable bonds is 5. The SMILES string of the molecule is c1cc(-c2cccc3c2oc2c3ccc3oc4ccccc4c32)cc(N(c2ccc(-c3ccc4c(c3)oc3ccccc34)cc2)c2cccc3c2oc2ccccc23)c1. The molecule has 0 atom stereocenters. The highest BCUT2D eigenvalue weighted by atomic mass is 16.3. The Labute approximate surface area is 336 Å². The summed E-state index contributed by atoms with van der Waals surface area (Å²) in [4.78, 5) is 2.29. The molecule has 0 N–H and O–H groups in total. The number of nitrogens with zero attached hydrogens (tertiary/aromatic N) is 1. The molecule has 276 valence electrons. The normalized spacial score (nSPS) is 12.1. The van der Waals surface area contributed by atoms with Crippen LogP contribution in [-0.2, 0) is 0 Å². The molecule has 0 saturated carbocycles. The summed E-state index contributed by atoms with van der Waals surface area (Å²) >= 11 is 0. The zero-order chi connectivity index (χ0) is 38.6. The van der Waals surface area contributed by atoms with Gasteiger partial charge in [0, 0.05) is 54.6 Å². The van der Waals surface area contributed by atoms with Gasteiger partial charge in [-0.15, -0.1) is 0 Å². The number of fused-ring (bicyclic) bond motifs is 13. The van der Waals surface area contributed by atoms with Crippen LogP contribution in [0.5, 0.6) is 0 Å². The van der Waals surface area contributed by atoms with Gasteiger partial charge in [0.2, 0.25) is 0 Å². The first-order valence-electron chi connectivity index (χ1n) is 19.8. The van der Waals surface area contributed by atoms with Gasteiger partial charge in [-0.25, -0.2) is 0 Å². The van der Waals surface area contributed by atoms with Crippen LogP contribution in [0.1, 0.15) is 0 Å². The van der Waals surface area contributed by atoms with Crippen LogP contribution >= 0.6 is 0 Å². The van der Waals surface area contributed by atoms with Crippen LogP contribution in [0.3, 0.4) is 0 Å². The van der Waals surface area contributed by atoms with Gasteiger partial charge in [-0.05, 0) is 89.5 Å². The summed E-state index contributed by atoms with van der Waals surface area (Å²) in [7, 11) is 0. The van der Waals surface area contributed by atoms with Crippen LogP contribution < -0.4 is 4.90 Å². The molecule has 4 aromatic heterocycles. The zero-order valence-corrected chi connectivity index (χ0v) is 31.5. The Morgan fingerprint density at radius 1 is 0.288 bits per heavy atom. The third kappa shape index (κ3) is 4.79. The van der Waals surface area contributed by atoms with E-state index in [1.807, 2.05) is 42.5 Å². The van der Waals surface area contributed by atoms with E-state index in [1.54, 1.807) is 0 Å². The second-order valence-electron chi connectivity index (χ2n) is 15.2. The lowest BCUT2D eigenvalue weighted by Crippen LogP contribution is -2.10.